The Morgan fingerprint density at radius 1 is 0.943 bits per heavy atom. The summed E-state index contributed by atoms with van der Waals surface area (Å²) >= 11 is 1.70. The lowest BCUT2D eigenvalue weighted by Crippen LogP contribution is -2.32. The molecule has 35 heavy (non-hydrogen) atoms. The predicted molar refractivity (Wildman–Crippen MR) is 145 cm³/mol. The number of hydrogen-bond donors (Lipinski definition) is 2. The smallest absolute Gasteiger partial charge is 0.115 e. The number of hydrogen-bond acceptors (Lipinski definition) is 5. The van der Waals surface area contributed by atoms with E-state index in [0.29, 0.717) is 6.54 Å². The first-order chi connectivity index (χ1) is 17.0. The zero-order valence-electron chi connectivity index (χ0n) is 19.6. The van der Waals surface area contributed by atoms with E-state index in [9.17, 15) is 5.11 Å². The standard InChI is InChI=1S/C30H27N3OS/c1-20(22-8-4-3-5-9-22)19-33(31)21(2)24-14-17-29-27(18-24)32-30(23-12-15-25(34)16-13-23)26-10-6-7-11-28(26)35-29/h3-18,20,34H,2,19,31H2,1H3. The first-order valence-electron chi connectivity index (χ1n) is 11.6. The third-order valence-corrected chi connectivity index (χ3v) is 7.35. The normalized spacial score (nSPS) is 13.1. The molecule has 1 unspecified atom stereocenters. The lowest BCUT2D eigenvalue weighted by atomic mass is 10.0. The fourth-order valence-corrected chi connectivity index (χ4v) is 5.22. The topological polar surface area (TPSA) is 61.9 Å². The molecule has 0 radical (unpaired) electrons. The second kappa shape index (κ2) is 9.82. The van der Waals surface area contributed by atoms with Gasteiger partial charge in [-0.1, -0.05) is 79.9 Å². The van der Waals surface area contributed by atoms with Crippen molar-refractivity contribution in [3.63, 3.8) is 0 Å². The van der Waals surface area contributed by atoms with Gasteiger partial charge in [0.05, 0.1) is 17.1 Å². The summed E-state index contributed by atoms with van der Waals surface area (Å²) in [4.78, 5) is 7.32. The second-order valence-corrected chi connectivity index (χ2v) is 9.78. The molecule has 174 valence electrons. The highest BCUT2D eigenvalue weighted by Gasteiger charge is 2.20. The second-order valence-electron chi connectivity index (χ2n) is 8.70. The van der Waals surface area contributed by atoms with Gasteiger partial charge in [0.25, 0.3) is 0 Å². The van der Waals surface area contributed by atoms with Crippen LogP contribution in [0.5, 0.6) is 5.75 Å². The van der Waals surface area contributed by atoms with Crippen molar-refractivity contribution in [1.82, 2.24) is 5.01 Å². The summed E-state index contributed by atoms with van der Waals surface area (Å²) < 4.78 is 0. The third kappa shape index (κ3) is 4.87. The molecule has 4 nitrogen and oxygen atoms in total. The Morgan fingerprint density at radius 2 is 1.66 bits per heavy atom. The molecule has 3 N–H and O–H groups in total. The van der Waals surface area contributed by atoms with Crippen LogP contribution in [0, 0.1) is 0 Å². The molecule has 1 heterocycles. The van der Waals surface area contributed by atoms with Crippen molar-refractivity contribution in [3.05, 3.63) is 126 Å². The lowest BCUT2D eigenvalue weighted by molar-refractivity contribution is 0.391. The van der Waals surface area contributed by atoms with E-state index in [1.54, 1.807) is 28.9 Å². The maximum Gasteiger partial charge on any atom is 0.115 e. The van der Waals surface area contributed by atoms with E-state index < -0.39 is 0 Å². The molecular weight excluding hydrogens is 450 g/mol. The number of aromatic hydroxyl groups is 1. The number of fused-ring (bicyclic) bond motifs is 2. The van der Waals surface area contributed by atoms with E-state index in [0.717, 1.165) is 43.6 Å². The molecule has 5 heteroatoms. The number of nitrogens with two attached hydrogens (primary N) is 1. The van der Waals surface area contributed by atoms with E-state index in [4.69, 9.17) is 10.8 Å². The molecule has 0 aromatic heterocycles. The van der Waals surface area contributed by atoms with Gasteiger partial charge in [0.15, 0.2) is 0 Å². The molecule has 0 saturated heterocycles. The molecule has 0 spiro atoms. The molecule has 1 atom stereocenters. The number of rotatable bonds is 6. The van der Waals surface area contributed by atoms with Crippen LogP contribution in [0.25, 0.3) is 5.70 Å². The van der Waals surface area contributed by atoms with Gasteiger partial charge < -0.3 is 10.1 Å². The Labute approximate surface area is 210 Å². The number of phenols is 1. The van der Waals surface area contributed by atoms with E-state index in [-0.39, 0.29) is 11.7 Å². The van der Waals surface area contributed by atoms with Crippen molar-refractivity contribution in [1.29, 1.82) is 0 Å². The van der Waals surface area contributed by atoms with Gasteiger partial charge in [-0.25, -0.2) is 10.8 Å². The summed E-state index contributed by atoms with van der Waals surface area (Å²) in [5, 5.41) is 11.5. The highest BCUT2D eigenvalue weighted by atomic mass is 32.2. The summed E-state index contributed by atoms with van der Waals surface area (Å²) in [6, 6.07) is 32.0. The maximum atomic E-state index is 9.78. The Kier molecular flexibility index (Phi) is 6.45. The van der Waals surface area contributed by atoms with Crippen LogP contribution in [0.2, 0.25) is 0 Å². The third-order valence-electron chi connectivity index (χ3n) is 6.21. The van der Waals surface area contributed by atoms with Gasteiger partial charge in [-0.15, -0.1) is 0 Å². The SMILES string of the molecule is C=C(c1ccc2c(c1)N=C(c1ccc(O)cc1)c1ccccc1S2)N(N)CC(C)c1ccccc1. The zero-order valence-corrected chi connectivity index (χ0v) is 20.4. The van der Waals surface area contributed by atoms with Gasteiger partial charge in [0.1, 0.15) is 5.75 Å². The van der Waals surface area contributed by atoms with Crippen LogP contribution >= 0.6 is 11.8 Å². The number of nitrogens with zero attached hydrogens (tertiary/aromatic N) is 2. The highest BCUT2D eigenvalue weighted by molar-refractivity contribution is 7.99. The van der Waals surface area contributed by atoms with Crippen LogP contribution in [0.15, 0.2) is 118 Å². The van der Waals surface area contributed by atoms with E-state index in [1.807, 2.05) is 42.5 Å². The van der Waals surface area contributed by atoms with E-state index in [1.165, 1.54) is 5.56 Å². The molecule has 0 fully saturated rings. The molecule has 1 aliphatic rings. The molecule has 4 aromatic rings. The van der Waals surface area contributed by atoms with E-state index >= 15 is 0 Å². The largest absolute Gasteiger partial charge is 0.508 e. The average molecular weight is 478 g/mol. The van der Waals surface area contributed by atoms with Gasteiger partial charge in [0.2, 0.25) is 0 Å². The van der Waals surface area contributed by atoms with Crippen LogP contribution in [0.3, 0.4) is 0 Å². The fourth-order valence-electron chi connectivity index (χ4n) is 4.22. The van der Waals surface area contributed by atoms with Crippen molar-refractivity contribution in [2.24, 2.45) is 10.8 Å². The fraction of sp³-hybridized carbons (Fsp3) is 0.100. The first kappa shape index (κ1) is 23.0. The Bertz CT molecular complexity index is 1400. The van der Waals surface area contributed by atoms with Crippen molar-refractivity contribution < 1.29 is 5.11 Å². The minimum atomic E-state index is 0.234. The van der Waals surface area contributed by atoms with Crippen molar-refractivity contribution in [2.75, 3.05) is 6.54 Å². The molecule has 0 saturated carbocycles. The van der Waals surface area contributed by atoms with Gasteiger partial charge in [-0.05, 0) is 48.0 Å². The molecular formula is C30H27N3OS. The lowest BCUT2D eigenvalue weighted by Gasteiger charge is -2.25. The average Bonchev–Trinajstić information content (AvgIpc) is 3.05. The number of aliphatic imine (C=N–C) groups is 1. The van der Waals surface area contributed by atoms with E-state index in [2.05, 4.69) is 56.0 Å². The quantitative estimate of drug-likeness (QED) is 0.205. The number of hydrazine groups is 1. The molecule has 4 aromatic carbocycles. The monoisotopic (exact) mass is 477 g/mol. The van der Waals surface area contributed by atoms with Gasteiger partial charge >= 0.3 is 0 Å². The van der Waals surface area contributed by atoms with Gasteiger partial charge in [-0.3, -0.25) is 0 Å². The van der Waals surface area contributed by atoms with Crippen LogP contribution in [-0.4, -0.2) is 22.4 Å². The molecule has 0 aliphatic carbocycles. The van der Waals surface area contributed by atoms with Crippen molar-refractivity contribution >= 4 is 28.9 Å². The summed E-state index contributed by atoms with van der Waals surface area (Å²) in [6.45, 7) is 7.11. The minimum Gasteiger partial charge on any atom is -0.508 e. The van der Waals surface area contributed by atoms with Crippen LogP contribution < -0.4 is 5.84 Å². The Morgan fingerprint density at radius 3 is 2.43 bits per heavy atom. The number of phenolic OH excluding ortho intramolecular Hbond substituents is 1. The maximum absolute atomic E-state index is 9.78. The predicted octanol–water partition coefficient (Wildman–Crippen LogP) is 6.98. The zero-order chi connectivity index (χ0) is 24.4. The minimum absolute atomic E-state index is 0.234. The molecule has 0 amide bonds. The number of benzene rings is 4. The molecule has 0 bridgehead atoms. The Hall–Kier alpha value is -3.80. The van der Waals surface area contributed by atoms with Crippen LogP contribution in [0.4, 0.5) is 5.69 Å². The highest BCUT2D eigenvalue weighted by Crippen LogP contribution is 2.42. The van der Waals surface area contributed by atoms with Crippen molar-refractivity contribution in [2.45, 2.75) is 22.6 Å². The summed E-state index contributed by atoms with van der Waals surface area (Å²) in [5.74, 6) is 6.97. The summed E-state index contributed by atoms with van der Waals surface area (Å²) in [5.41, 5.74) is 6.70. The molecule has 1 aliphatic heterocycles. The molecule has 5 rings (SSSR count). The van der Waals surface area contributed by atoms with Gasteiger partial charge in [0, 0.05) is 38.9 Å². The summed E-state index contributed by atoms with van der Waals surface area (Å²) in [7, 11) is 0. The summed E-state index contributed by atoms with van der Waals surface area (Å²) in [6.07, 6.45) is 0. The van der Waals surface area contributed by atoms with Crippen LogP contribution in [0.1, 0.15) is 35.1 Å². The van der Waals surface area contributed by atoms with Crippen LogP contribution in [-0.2, 0) is 0 Å². The van der Waals surface area contributed by atoms with Gasteiger partial charge in [-0.2, -0.15) is 0 Å². The first-order valence-corrected chi connectivity index (χ1v) is 12.4. The Balaban J connectivity index is 1.48. The van der Waals surface area contributed by atoms with Crippen molar-refractivity contribution in [3.8, 4) is 5.75 Å².